The third kappa shape index (κ3) is 3.76. The zero-order valence-electron chi connectivity index (χ0n) is 11.1. The van der Waals surface area contributed by atoms with Gasteiger partial charge < -0.3 is 10.6 Å². The predicted molar refractivity (Wildman–Crippen MR) is 77.2 cm³/mol. The molecule has 0 bridgehead atoms. The van der Waals surface area contributed by atoms with Crippen LogP contribution in [0.25, 0.3) is 10.9 Å². The van der Waals surface area contributed by atoms with Crippen LogP contribution in [0, 0.1) is 0 Å². The number of pyridine rings is 1. The molecule has 0 saturated carbocycles. The van der Waals surface area contributed by atoms with E-state index in [2.05, 4.69) is 22.5 Å². The summed E-state index contributed by atoms with van der Waals surface area (Å²) in [7, 11) is 0. The highest BCUT2D eigenvalue weighted by Crippen LogP contribution is 2.11. The molecule has 0 aliphatic carbocycles. The fourth-order valence-corrected chi connectivity index (χ4v) is 1.85. The zero-order valence-corrected chi connectivity index (χ0v) is 11.1. The Morgan fingerprint density at radius 3 is 2.79 bits per heavy atom. The van der Waals surface area contributed by atoms with Gasteiger partial charge in [-0.2, -0.15) is 0 Å². The van der Waals surface area contributed by atoms with E-state index < -0.39 is 0 Å². The average Bonchev–Trinajstić information content (AvgIpc) is 2.46. The Balaban J connectivity index is 1.93. The van der Waals surface area contributed by atoms with Gasteiger partial charge in [-0.1, -0.05) is 31.2 Å². The number of para-hydroxylation sites is 1. The predicted octanol–water partition coefficient (Wildman–Crippen LogP) is 1.96. The molecule has 2 N–H and O–H groups in total. The summed E-state index contributed by atoms with van der Waals surface area (Å²) >= 11 is 0. The van der Waals surface area contributed by atoms with Crippen LogP contribution in [0.1, 0.15) is 23.8 Å². The maximum atomic E-state index is 11.9. The summed E-state index contributed by atoms with van der Waals surface area (Å²) in [5.74, 6) is -0.121. The Morgan fingerprint density at radius 1 is 1.11 bits per heavy atom. The Kier molecular flexibility index (Phi) is 4.86. The highest BCUT2D eigenvalue weighted by molar-refractivity contribution is 5.94. The van der Waals surface area contributed by atoms with Crippen molar-refractivity contribution in [1.29, 1.82) is 0 Å². The van der Waals surface area contributed by atoms with Gasteiger partial charge in [-0.05, 0) is 25.1 Å². The number of rotatable bonds is 6. The van der Waals surface area contributed by atoms with Gasteiger partial charge in [0.1, 0.15) is 5.69 Å². The molecule has 19 heavy (non-hydrogen) atoms. The molecule has 100 valence electrons. The quantitative estimate of drug-likeness (QED) is 0.778. The molecular weight excluding hydrogens is 238 g/mol. The molecule has 0 radical (unpaired) electrons. The van der Waals surface area contributed by atoms with Gasteiger partial charge in [-0.15, -0.1) is 0 Å². The first kappa shape index (κ1) is 13.5. The number of fused-ring (bicyclic) bond motifs is 1. The van der Waals surface area contributed by atoms with E-state index in [1.54, 1.807) is 6.07 Å². The van der Waals surface area contributed by atoms with E-state index in [1.807, 2.05) is 30.3 Å². The van der Waals surface area contributed by atoms with E-state index in [0.717, 1.165) is 30.4 Å². The van der Waals surface area contributed by atoms with Crippen LogP contribution in [0.4, 0.5) is 0 Å². The summed E-state index contributed by atoms with van der Waals surface area (Å²) in [4.78, 5) is 16.3. The normalized spacial score (nSPS) is 10.6. The molecular formula is C15H19N3O. The van der Waals surface area contributed by atoms with Crippen molar-refractivity contribution in [3.05, 3.63) is 42.1 Å². The van der Waals surface area contributed by atoms with Crippen LogP contribution in [0.3, 0.4) is 0 Å². The van der Waals surface area contributed by atoms with Crippen LogP contribution in [-0.4, -0.2) is 30.5 Å². The van der Waals surface area contributed by atoms with Crippen LogP contribution in [-0.2, 0) is 0 Å². The van der Waals surface area contributed by atoms with Crippen molar-refractivity contribution in [3.63, 3.8) is 0 Å². The van der Waals surface area contributed by atoms with E-state index in [0.29, 0.717) is 12.2 Å². The summed E-state index contributed by atoms with van der Waals surface area (Å²) < 4.78 is 0. The summed E-state index contributed by atoms with van der Waals surface area (Å²) in [6.45, 7) is 4.50. The molecule has 1 aromatic heterocycles. The van der Waals surface area contributed by atoms with Crippen molar-refractivity contribution in [2.24, 2.45) is 0 Å². The van der Waals surface area contributed by atoms with E-state index in [-0.39, 0.29) is 5.91 Å². The lowest BCUT2D eigenvalue weighted by molar-refractivity contribution is 0.0949. The second-order valence-corrected chi connectivity index (χ2v) is 4.40. The molecule has 2 aromatic rings. The van der Waals surface area contributed by atoms with Gasteiger partial charge in [-0.25, -0.2) is 4.98 Å². The van der Waals surface area contributed by atoms with Crippen molar-refractivity contribution in [3.8, 4) is 0 Å². The van der Waals surface area contributed by atoms with Gasteiger partial charge in [0, 0.05) is 18.5 Å². The SMILES string of the molecule is CCCNCCNC(=O)c1ccc2ccccc2n1. The molecule has 4 heteroatoms. The van der Waals surface area contributed by atoms with Gasteiger partial charge in [0.25, 0.3) is 5.91 Å². The topological polar surface area (TPSA) is 54.0 Å². The van der Waals surface area contributed by atoms with E-state index in [4.69, 9.17) is 0 Å². The highest BCUT2D eigenvalue weighted by atomic mass is 16.1. The monoisotopic (exact) mass is 257 g/mol. The van der Waals surface area contributed by atoms with Crippen molar-refractivity contribution in [2.45, 2.75) is 13.3 Å². The summed E-state index contributed by atoms with van der Waals surface area (Å²) in [5, 5.41) is 7.14. The molecule has 0 aliphatic heterocycles. The van der Waals surface area contributed by atoms with Crippen LogP contribution in [0.5, 0.6) is 0 Å². The van der Waals surface area contributed by atoms with Crippen molar-refractivity contribution >= 4 is 16.8 Å². The molecule has 1 heterocycles. The third-order valence-corrected chi connectivity index (χ3v) is 2.85. The zero-order chi connectivity index (χ0) is 13.5. The Hall–Kier alpha value is -1.94. The minimum Gasteiger partial charge on any atom is -0.349 e. The standard InChI is InChI=1S/C15H19N3O/c1-2-9-16-10-11-17-15(19)14-8-7-12-5-3-4-6-13(12)18-14/h3-8,16H,2,9-11H2,1H3,(H,17,19). The number of nitrogens with one attached hydrogen (secondary N) is 2. The minimum atomic E-state index is -0.121. The molecule has 4 nitrogen and oxygen atoms in total. The number of carbonyl (C=O) groups is 1. The maximum absolute atomic E-state index is 11.9. The van der Waals surface area contributed by atoms with Crippen LogP contribution in [0.2, 0.25) is 0 Å². The summed E-state index contributed by atoms with van der Waals surface area (Å²) in [6, 6.07) is 11.5. The highest BCUT2D eigenvalue weighted by Gasteiger charge is 2.06. The van der Waals surface area contributed by atoms with Gasteiger partial charge in [-0.3, -0.25) is 4.79 Å². The van der Waals surface area contributed by atoms with Crippen molar-refractivity contribution < 1.29 is 4.79 Å². The van der Waals surface area contributed by atoms with Crippen LogP contribution in [0.15, 0.2) is 36.4 Å². The van der Waals surface area contributed by atoms with E-state index in [1.165, 1.54) is 0 Å². The number of nitrogens with zero attached hydrogens (tertiary/aromatic N) is 1. The first-order valence-electron chi connectivity index (χ1n) is 6.66. The molecule has 0 saturated heterocycles. The first-order chi connectivity index (χ1) is 9.31. The number of hydrogen-bond donors (Lipinski definition) is 2. The lowest BCUT2D eigenvalue weighted by atomic mass is 10.2. The fourth-order valence-electron chi connectivity index (χ4n) is 1.85. The van der Waals surface area contributed by atoms with Crippen LogP contribution < -0.4 is 10.6 Å². The molecule has 0 unspecified atom stereocenters. The molecule has 0 fully saturated rings. The number of hydrogen-bond acceptors (Lipinski definition) is 3. The minimum absolute atomic E-state index is 0.121. The first-order valence-corrected chi connectivity index (χ1v) is 6.66. The Labute approximate surface area is 113 Å². The maximum Gasteiger partial charge on any atom is 0.269 e. The average molecular weight is 257 g/mol. The number of carbonyl (C=O) groups excluding carboxylic acids is 1. The van der Waals surface area contributed by atoms with Crippen LogP contribution >= 0.6 is 0 Å². The second kappa shape index (κ2) is 6.85. The molecule has 2 rings (SSSR count). The Morgan fingerprint density at radius 2 is 1.95 bits per heavy atom. The molecule has 0 spiro atoms. The molecule has 1 amide bonds. The molecule has 0 aliphatic rings. The Bertz CT molecular complexity index is 554. The third-order valence-electron chi connectivity index (χ3n) is 2.85. The number of amides is 1. The lowest BCUT2D eigenvalue weighted by Gasteiger charge is -2.06. The number of aromatic nitrogens is 1. The van der Waals surface area contributed by atoms with E-state index in [9.17, 15) is 4.79 Å². The molecule has 0 atom stereocenters. The molecule has 1 aromatic carbocycles. The van der Waals surface area contributed by atoms with E-state index >= 15 is 0 Å². The van der Waals surface area contributed by atoms with Gasteiger partial charge >= 0.3 is 0 Å². The fraction of sp³-hybridized carbons (Fsp3) is 0.333. The van der Waals surface area contributed by atoms with Crippen molar-refractivity contribution in [1.82, 2.24) is 15.6 Å². The number of benzene rings is 1. The lowest BCUT2D eigenvalue weighted by Crippen LogP contribution is -2.32. The van der Waals surface area contributed by atoms with Gasteiger partial charge in [0.05, 0.1) is 5.52 Å². The largest absolute Gasteiger partial charge is 0.349 e. The second-order valence-electron chi connectivity index (χ2n) is 4.40. The summed E-state index contributed by atoms with van der Waals surface area (Å²) in [5.41, 5.74) is 1.31. The smallest absolute Gasteiger partial charge is 0.269 e. The van der Waals surface area contributed by atoms with Crippen molar-refractivity contribution in [2.75, 3.05) is 19.6 Å². The van der Waals surface area contributed by atoms with Gasteiger partial charge in [0.15, 0.2) is 0 Å². The van der Waals surface area contributed by atoms with Gasteiger partial charge in [0.2, 0.25) is 0 Å². The summed E-state index contributed by atoms with van der Waals surface area (Å²) in [6.07, 6.45) is 1.10.